The molecule has 3 rings (SSSR count). The van der Waals surface area contributed by atoms with Crippen LogP contribution in [0.2, 0.25) is 0 Å². The second kappa shape index (κ2) is 5.87. The van der Waals surface area contributed by atoms with Crippen LogP contribution in [-0.2, 0) is 13.0 Å². The Morgan fingerprint density at radius 3 is 2.95 bits per heavy atom. The number of hydrogen-bond donors (Lipinski definition) is 1. The molecule has 108 valence electrons. The Kier molecular flexibility index (Phi) is 3.77. The standard InChI is InChI=1S/C17H18N2O2/c1-21-15-7-4-5-13(11-15)12-18-17(20)19-10-9-14-6-2-3-8-16(14)19/h2-8,11H,9-10,12H2,1H3,(H,18,20). The van der Waals surface area contributed by atoms with E-state index < -0.39 is 0 Å². The molecule has 2 amide bonds. The molecular formula is C17H18N2O2. The number of fused-ring (bicyclic) bond motifs is 1. The lowest BCUT2D eigenvalue weighted by Crippen LogP contribution is -2.38. The highest BCUT2D eigenvalue weighted by Gasteiger charge is 2.23. The van der Waals surface area contributed by atoms with Crippen molar-refractivity contribution in [1.29, 1.82) is 0 Å². The van der Waals surface area contributed by atoms with E-state index >= 15 is 0 Å². The number of ether oxygens (including phenoxy) is 1. The van der Waals surface area contributed by atoms with Crippen LogP contribution in [-0.4, -0.2) is 19.7 Å². The number of amides is 2. The van der Waals surface area contributed by atoms with Crippen LogP contribution in [0.25, 0.3) is 0 Å². The van der Waals surface area contributed by atoms with Crippen LogP contribution >= 0.6 is 0 Å². The van der Waals surface area contributed by atoms with E-state index in [0.717, 1.165) is 30.0 Å². The first-order chi connectivity index (χ1) is 10.3. The average molecular weight is 282 g/mol. The van der Waals surface area contributed by atoms with E-state index in [9.17, 15) is 4.79 Å². The van der Waals surface area contributed by atoms with Gasteiger partial charge in [-0.1, -0.05) is 30.3 Å². The van der Waals surface area contributed by atoms with Gasteiger partial charge in [0.15, 0.2) is 0 Å². The molecule has 0 bridgehead atoms. The first-order valence-electron chi connectivity index (χ1n) is 7.04. The Balaban J connectivity index is 1.65. The van der Waals surface area contributed by atoms with Crippen LogP contribution in [0.4, 0.5) is 10.5 Å². The summed E-state index contributed by atoms with van der Waals surface area (Å²) in [5.74, 6) is 0.799. The topological polar surface area (TPSA) is 41.6 Å². The average Bonchev–Trinajstić information content (AvgIpc) is 2.97. The van der Waals surface area contributed by atoms with Gasteiger partial charge in [-0.2, -0.15) is 0 Å². The van der Waals surface area contributed by atoms with Crippen LogP contribution in [0, 0.1) is 0 Å². The van der Waals surface area contributed by atoms with Gasteiger partial charge in [0.05, 0.1) is 7.11 Å². The molecule has 1 aliphatic rings. The number of rotatable bonds is 3. The van der Waals surface area contributed by atoms with Crippen molar-refractivity contribution >= 4 is 11.7 Å². The predicted octanol–water partition coefficient (Wildman–Crippen LogP) is 2.97. The summed E-state index contributed by atoms with van der Waals surface area (Å²) in [6, 6.07) is 15.7. The maximum Gasteiger partial charge on any atom is 0.322 e. The molecule has 0 radical (unpaired) electrons. The fourth-order valence-corrected chi connectivity index (χ4v) is 2.60. The van der Waals surface area contributed by atoms with Gasteiger partial charge in [-0.25, -0.2) is 4.79 Å². The predicted molar refractivity (Wildman–Crippen MR) is 82.7 cm³/mol. The summed E-state index contributed by atoms with van der Waals surface area (Å²) in [5, 5.41) is 2.96. The zero-order chi connectivity index (χ0) is 14.7. The summed E-state index contributed by atoms with van der Waals surface area (Å²) in [5.41, 5.74) is 3.27. The Labute approximate surface area is 124 Å². The van der Waals surface area contributed by atoms with Gasteiger partial charge in [-0.15, -0.1) is 0 Å². The second-order valence-electron chi connectivity index (χ2n) is 5.04. The van der Waals surface area contributed by atoms with Crippen molar-refractivity contribution in [2.75, 3.05) is 18.6 Å². The SMILES string of the molecule is COc1cccc(CNC(=O)N2CCc3ccccc32)c1. The second-order valence-corrected chi connectivity index (χ2v) is 5.04. The van der Waals surface area contributed by atoms with Crippen molar-refractivity contribution in [3.63, 3.8) is 0 Å². The van der Waals surface area contributed by atoms with Crippen molar-refractivity contribution in [2.24, 2.45) is 0 Å². The molecule has 1 heterocycles. The fraction of sp³-hybridized carbons (Fsp3) is 0.235. The summed E-state index contributed by atoms with van der Waals surface area (Å²) in [6.45, 7) is 1.23. The first kappa shape index (κ1) is 13.5. The molecule has 21 heavy (non-hydrogen) atoms. The van der Waals surface area contributed by atoms with Crippen molar-refractivity contribution in [3.05, 3.63) is 59.7 Å². The van der Waals surface area contributed by atoms with Gasteiger partial charge in [0.25, 0.3) is 0 Å². The van der Waals surface area contributed by atoms with E-state index in [4.69, 9.17) is 4.74 Å². The van der Waals surface area contributed by atoms with Crippen LogP contribution in [0.3, 0.4) is 0 Å². The van der Waals surface area contributed by atoms with Crippen molar-refractivity contribution in [3.8, 4) is 5.75 Å². The minimum absolute atomic E-state index is 0.0530. The molecule has 2 aromatic rings. The van der Waals surface area contributed by atoms with E-state index in [1.807, 2.05) is 42.5 Å². The first-order valence-corrected chi connectivity index (χ1v) is 7.04. The zero-order valence-corrected chi connectivity index (χ0v) is 12.0. The largest absolute Gasteiger partial charge is 0.497 e. The maximum absolute atomic E-state index is 12.3. The third-order valence-corrected chi connectivity index (χ3v) is 3.71. The van der Waals surface area contributed by atoms with E-state index in [1.165, 1.54) is 5.56 Å². The van der Waals surface area contributed by atoms with Gasteiger partial charge < -0.3 is 10.1 Å². The molecule has 4 heteroatoms. The lowest BCUT2D eigenvalue weighted by atomic mass is 10.2. The van der Waals surface area contributed by atoms with Gasteiger partial charge in [-0.05, 0) is 35.7 Å². The Morgan fingerprint density at radius 1 is 1.24 bits per heavy atom. The lowest BCUT2D eigenvalue weighted by Gasteiger charge is -2.18. The van der Waals surface area contributed by atoms with Crippen molar-refractivity contribution < 1.29 is 9.53 Å². The van der Waals surface area contributed by atoms with E-state index in [2.05, 4.69) is 11.4 Å². The molecule has 0 aliphatic carbocycles. The number of urea groups is 1. The fourth-order valence-electron chi connectivity index (χ4n) is 2.60. The maximum atomic E-state index is 12.3. The van der Waals surface area contributed by atoms with Gasteiger partial charge >= 0.3 is 6.03 Å². The van der Waals surface area contributed by atoms with E-state index in [1.54, 1.807) is 12.0 Å². The summed E-state index contributed by atoms with van der Waals surface area (Å²) >= 11 is 0. The number of nitrogens with one attached hydrogen (secondary N) is 1. The van der Waals surface area contributed by atoms with Gasteiger partial charge in [0.1, 0.15) is 5.75 Å². The third kappa shape index (κ3) is 2.84. The molecule has 0 saturated heterocycles. The monoisotopic (exact) mass is 282 g/mol. The highest BCUT2D eigenvalue weighted by molar-refractivity contribution is 5.94. The molecule has 4 nitrogen and oxygen atoms in total. The highest BCUT2D eigenvalue weighted by Crippen LogP contribution is 2.27. The number of methoxy groups -OCH3 is 1. The molecule has 0 spiro atoms. The van der Waals surface area contributed by atoms with Crippen LogP contribution in [0.15, 0.2) is 48.5 Å². The Bertz CT molecular complexity index is 655. The minimum atomic E-state index is -0.0530. The summed E-state index contributed by atoms with van der Waals surface area (Å²) in [6.07, 6.45) is 0.919. The van der Waals surface area contributed by atoms with Gasteiger partial charge in [-0.3, -0.25) is 4.90 Å². The number of para-hydroxylation sites is 1. The summed E-state index contributed by atoms with van der Waals surface area (Å²) < 4.78 is 5.18. The number of carbonyl (C=O) groups is 1. The number of benzene rings is 2. The summed E-state index contributed by atoms with van der Waals surface area (Å²) in [7, 11) is 1.64. The molecule has 0 unspecified atom stereocenters. The van der Waals surface area contributed by atoms with Crippen LogP contribution in [0.5, 0.6) is 5.75 Å². The van der Waals surface area contributed by atoms with Gasteiger partial charge in [0, 0.05) is 18.8 Å². The molecular weight excluding hydrogens is 264 g/mol. The van der Waals surface area contributed by atoms with Crippen molar-refractivity contribution in [2.45, 2.75) is 13.0 Å². The van der Waals surface area contributed by atoms with E-state index in [-0.39, 0.29) is 6.03 Å². The molecule has 1 aliphatic heterocycles. The van der Waals surface area contributed by atoms with E-state index in [0.29, 0.717) is 6.54 Å². The van der Waals surface area contributed by atoms with Crippen molar-refractivity contribution in [1.82, 2.24) is 5.32 Å². The zero-order valence-electron chi connectivity index (χ0n) is 12.0. The van der Waals surface area contributed by atoms with Gasteiger partial charge in [0.2, 0.25) is 0 Å². The third-order valence-electron chi connectivity index (χ3n) is 3.71. The molecule has 0 saturated carbocycles. The Morgan fingerprint density at radius 2 is 2.10 bits per heavy atom. The molecule has 1 N–H and O–H groups in total. The summed E-state index contributed by atoms with van der Waals surface area (Å²) in [4.78, 5) is 14.1. The van der Waals surface area contributed by atoms with Crippen LogP contribution < -0.4 is 15.0 Å². The number of anilines is 1. The molecule has 0 fully saturated rings. The minimum Gasteiger partial charge on any atom is -0.497 e. The smallest absolute Gasteiger partial charge is 0.322 e. The highest BCUT2D eigenvalue weighted by atomic mass is 16.5. The molecule has 0 aromatic heterocycles. The molecule has 0 atom stereocenters. The lowest BCUT2D eigenvalue weighted by molar-refractivity contribution is 0.246. The Hall–Kier alpha value is -2.49. The number of carbonyl (C=O) groups excluding carboxylic acids is 1. The number of nitrogens with zero attached hydrogens (tertiary/aromatic N) is 1. The quantitative estimate of drug-likeness (QED) is 0.940. The normalized spacial score (nSPS) is 12.9. The number of hydrogen-bond acceptors (Lipinski definition) is 2. The molecule has 2 aromatic carbocycles. The van der Waals surface area contributed by atoms with Crippen LogP contribution in [0.1, 0.15) is 11.1 Å².